The molecule has 0 atom stereocenters. The third-order valence-corrected chi connectivity index (χ3v) is 6.87. The standard InChI is InChI=1S/C25H25Cl2N5O/c1-30-11-13-31(14-12-30)24-20-16-32(25(33)19-8-7-18(26)15-21(19)27)10-9-22(20)28-23(29-24)17-5-3-2-4-6-17/h2-8,15H,9-14,16H2,1H3. The molecule has 0 unspecified atom stereocenters. The molecular formula is C25H25Cl2N5O. The fraction of sp³-hybridized carbons (Fsp3) is 0.320. The SMILES string of the molecule is CN1CCN(c2nc(-c3ccccc3)nc3c2CN(C(=O)c2ccc(Cl)cc2Cl)CC3)CC1. The lowest BCUT2D eigenvalue weighted by molar-refractivity contribution is 0.0734. The second-order valence-electron chi connectivity index (χ2n) is 8.55. The predicted octanol–water partition coefficient (Wildman–Crippen LogP) is 4.40. The number of piperazine rings is 1. The first kappa shape index (κ1) is 22.1. The number of carbonyl (C=O) groups is 1. The molecule has 8 heteroatoms. The van der Waals surface area contributed by atoms with Gasteiger partial charge < -0.3 is 14.7 Å². The Bertz CT molecular complexity index is 1180. The molecule has 0 aliphatic carbocycles. The molecule has 2 aliphatic rings. The van der Waals surface area contributed by atoms with Crippen molar-refractivity contribution in [2.45, 2.75) is 13.0 Å². The summed E-state index contributed by atoms with van der Waals surface area (Å²) in [5, 5.41) is 0.882. The quantitative estimate of drug-likeness (QED) is 0.554. The van der Waals surface area contributed by atoms with Gasteiger partial charge in [-0.2, -0.15) is 0 Å². The number of anilines is 1. The van der Waals surface area contributed by atoms with Crippen molar-refractivity contribution in [1.29, 1.82) is 0 Å². The maximum Gasteiger partial charge on any atom is 0.255 e. The molecule has 1 amide bonds. The number of rotatable bonds is 3. The summed E-state index contributed by atoms with van der Waals surface area (Å²) in [5.74, 6) is 1.58. The summed E-state index contributed by atoms with van der Waals surface area (Å²) in [4.78, 5) is 29.7. The number of amides is 1. The molecule has 3 heterocycles. The van der Waals surface area contributed by atoms with Gasteiger partial charge in [0, 0.05) is 55.3 Å². The minimum absolute atomic E-state index is 0.0984. The van der Waals surface area contributed by atoms with Crippen LogP contribution in [0.1, 0.15) is 21.6 Å². The van der Waals surface area contributed by atoms with Crippen molar-refractivity contribution in [3.63, 3.8) is 0 Å². The molecule has 0 N–H and O–H groups in total. The maximum absolute atomic E-state index is 13.3. The van der Waals surface area contributed by atoms with Crippen LogP contribution >= 0.6 is 23.2 Å². The third-order valence-electron chi connectivity index (χ3n) is 6.32. The van der Waals surface area contributed by atoms with Crippen LogP contribution in [-0.4, -0.2) is 65.4 Å². The first-order chi connectivity index (χ1) is 16.0. The molecule has 6 nitrogen and oxygen atoms in total. The van der Waals surface area contributed by atoms with Crippen LogP contribution in [-0.2, 0) is 13.0 Å². The molecule has 33 heavy (non-hydrogen) atoms. The van der Waals surface area contributed by atoms with Gasteiger partial charge in [-0.3, -0.25) is 4.79 Å². The molecule has 170 valence electrons. The highest BCUT2D eigenvalue weighted by molar-refractivity contribution is 6.36. The molecular weight excluding hydrogens is 457 g/mol. The van der Waals surface area contributed by atoms with Crippen LogP contribution in [0.2, 0.25) is 10.0 Å². The number of nitrogens with zero attached hydrogens (tertiary/aromatic N) is 5. The van der Waals surface area contributed by atoms with Crippen LogP contribution in [0.15, 0.2) is 48.5 Å². The highest BCUT2D eigenvalue weighted by Gasteiger charge is 2.30. The summed E-state index contributed by atoms with van der Waals surface area (Å²) in [7, 11) is 2.14. The number of hydrogen-bond acceptors (Lipinski definition) is 5. The van der Waals surface area contributed by atoms with Crippen molar-refractivity contribution >= 4 is 34.9 Å². The first-order valence-corrected chi connectivity index (χ1v) is 11.9. The van der Waals surface area contributed by atoms with Gasteiger partial charge >= 0.3 is 0 Å². The average molecular weight is 482 g/mol. The Labute approximate surface area is 203 Å². The van der Waals surface area contributed by atoms with Gasteiger partial charge in [-0.05, 0) is 25.2 Å². The molecule has 2 aliphatic heterocycles. The number of hydrogen-bond donors (Lipinski definition) is 0. The fourth-order valence-electron chi connectivity index (χ4n) is 4.40. The van der Waals surface area contributed by atoms with E-state index in [1.54, 1.807) is 18.2 Å². The zero-order chi connectivity index (χ0) is 22.9. The van der Waals surface area contributed by atoms with E-state index in [4.69, 9.17) is 33.2 Å². The topological polar surface area (TPSA) is 52.6 Å². The van der Waals surface area contributed by atoms with E-state index in [-0.39, 0.29) is 5.91 Å². The lowest BCUT2D eigenvalue weighted by Gasteiger charge is -2.37. The molecule has 1 aromatic heterocycles. The van der Waals surface area contributed by atoms with Crippen LogP contribution in [0, 0.1) is 0 Å². The summed E-state index contributed by atoms with van der Waals surface area (Å²) >= 11 is 12.4. The summed E-state index contributed by atoms with van der Waals surface area (Å²) in [6.45, 7) is 4.78. The fourth-order valence-corrected chi connectivity index (χ4v) is 4.89. The van der Waals surface area contributed by atoms with Crippen LogP contribution in [0.4, 0.5) is 5.82 Å². The molecule has 2 aromatic carbocycles. The largest absolute Gasteiger partial charge is 0.354 e. The number of likely N-dealkylation sites (N-methyl/N-ethyl adjacent to an activating group) is 1. The van der Waals surface area contributed by atoms with E-state index in [0.29, 0.717) is 35.1 Å². The Kier molecular flexibility index (Phi) is 6.23. The van der Waals surface area contributed by atoms with Crippen molar-refractivity contribution in [3.8, 4) is 11.4 Å². The van der Waals surface area contributed by atoms with Crippen LogP contribution in [0.3, 0.4) is 0 Å². The Morgan fingerprint density at radius 1 is 0.939 bits per heavy atom. The highest BCUT2D eigenvalue weighted by Crippen LogP contribution is 2.32. The lowest BCUT2D eigenvalue weighted by atomic mass is 10.0. The van der Waals surface area contributed by atoms with E-state index in [9.17, 15) is 4.79 Å². The van der Waals surface area contributed by atoms with Crippen molar-refractivity contribution < 1.29 is 4.79 Å². The second-order valence-corrected chi connectivity index (χ2v) is 9.40. The van der Waals surface area contributed by atoms with Gasteiger partial charge in [0.1, 0.15) is 5.82 Å². The van der Waals surface area contributed by atoms with Gasteiger partial charge in [-0.15, -0.1) is 0 Å². The number of aromatic nitrogens is 2. The van der Waals surface area contributed by atoms with E-state index in [1.807, 2.05) is 35.2 Å². The van der Waals surface area contributed by atoms with Crippen molar-refractivity contribution in [3.05, 3.63) is 75.4 Å². The van der Waals surface area contributed by atoms with E-state index >= 15 is 0 Å². The van der Waals surface area contributed by atoms with E-state index in [2.05, 4.69) is 16.8 Å². The number of benzene rings is 2. The summed E-state index contributed by atoms with van der Waals surface area (Å²) < 4.78 is 0. The van der Waals surface area contributed by atoms with Gasteiger partial charge in [0.05, 0.1) is 22.8 Å². The van der Waals surface area contributed by atoms with Gasteiger partial charge in [-0.25, -0.2) is 9.97 Å². The zero-order valence-electron chi connectivity index (χ0n) is 18.5. The van der Waals surface area contributed by atoms with Gasteiger partial charge in [-0.1, -0.05) is 53.5 Å². The van der Waals surface area contributed by atoms with Gasteiger partial charge in [0.2, 0.25) is 0 Å². The molecule has 1 saturated heterocycles. The van der Waals surface area contributed by atoms with E-state index < -0.39 is 0 Å². The Morgan fingerprint density at radius 3 is 2.42 bits per heavy atom. The molecule has 0 bridgehead atoms. The number of fused-ring (bicyclic) bond motifs is 1. The predicted molar refractivity (Wildman–Crippen MR) is 132 cm³/mol. The van der Waals surface area contributed by atoms with E-state index in [1.165, 1.54) is 0 Å². The normalized spacial score (nSPS) is 16.6. The molecule has 0 saturated carbocycles. The lowest BCUT2D eigenvalue weighted by Crippen LogP contribution is -2.46. The summed E-state index contributed by atoms with van der Waals surface area (Å²) in [5.41, 5.74) is 3.52. The molecule has 5 rings (SSSR count). The smallest absolute Gasteiger partial charge is 0.255 e. The number of halogens is 2. The van der Waals surface area contributed by atoms with Crippen LogP contribution < -0.4 is 4.90 Å². The van der Waals surface area contributed by atoms with Crippen LogP contribution in [0.25, 0.3) is 11.4 Å². The maximum atomic E-state index is 13.3. The zero-order valence-corrected chi connectivity index (χ0v) is 20.0. The Hall–Kier alpha value is -2.67. The molecule has 0 spiro atoms. The Balaban J connectivity index is 1.51. The summed E-state index contributed by atoms with van der Waals surface area (Å²) in [6, 6.07) is 15.1. The highest BCUT2D eigenvalue weighted by atomic mass is 35.5. The second kappa shape index (κ2) is 9.29. The van der Waals surface area contributed by atoms with Gasteiger partial charge in [0.25, 0.3) is 5.91 Å². The molecule has 0 radical (unpaired) electrons. The minimum Gasteiger partial charge on any atom is -0.354 e. The molecule has 3 aromatic rings. The van der Waals surface area contributed by atoms with Gasteiger partial charge in [0.15, 0.2) is 5.82 Å². The van der Waals surface area contributed by atoms with Crippen molar-refractivity contribution in [2.24, 2.45) is 0 Å². The first-order valence-electron chi connectivity index (χ1n) is 11.1. The minimum atomic E-state index is -0.0984. The van der Waals surface area contributed by atoms with Crippen molar-refractivity contribution in [1.82, 2.24) is 19.8 Å². The number of carbonyl (C=O) groups excluding carboxylic acids is 1. The average Bonchev–Trinajstić information content (AvgIpc) is 2.84. The monoisotopic (exact) mass is 481 g/mol. The van der Waals surface area contributed by atoms with E-state index in [0.717, 1.165) is 54.6 Å². The molecule has 1 fully saturated rings. The van der Waals surface area contributed by atoms with Crippen molar-refractivity contribution in [2.75, 3.05) is 44.7 Å². The van der Waals surface area contributed by atoms with Crippen LogP contribution in [0.5, 0.6) is 0 Å². The summed E-state index contributed by atoms with van der Waals surface area (Å²) in [6.07, 6.45) is 0.676. The Morgan fingerprint density at radius 2 is 1.70 bits per heavy atom. The third kappa shape index (κ3) is 4.56.